The Morgan fingerprint density at radius 3 is 1.84 bits per heavy atom. The van der Waals surface area contributed by atoms with Crippen molar-refractivity contribution in [2.75, 3.05) is 0 Å². The van der Waals surface area contributed by atoms with Gasteiger partial charge in [-0.3, -0.25) is 0 Å². The van der Waals surface area contributed by atoms with Gasteiger partial charge in [-0.25, -0.2) is 15.0 Å². The Morgan fingerprint density at radius 2 is 1.05 bits per heavy atom. The van der Waals surface area contributed by atoms with Crippen LogP contribution in [0.4, 0.5) is 0 Å². The predicted molar refractivity (Wildman–Crippen MR) is 182 cm³/mol. The maximum Gasteiger partial charge on any atom is 0.164 e. The molecule has 0 aliphatic rings. The van der Waals surface area contributed by atoms with Crippen LogP contribution in [0.2, 0.25) is 0 Å². The normalized spacial score (nSPS) is 11.6. The van der Waals surface area contributed by atoms with Crippen molar-refractivity contribution >= 4 is 53.4 Å². The summed E-state index contributed by atoms with van der Waals surface area (Å²) in [5, 5.41) is 4.41. The summed E-state index contributed by atoms with van der Waals surface area (Å²) in [5.74, 6) is 1.91. The van der Waals surface area contributed by atoms with E-state index in [-0.39, 0.29) is 0 Å². The second-order valence-corrected chi connectivity index (χ2v) is 11.9. The van der Waals surface area contributed by atoms with Crippen LogP contribution in [0.25, 0.3) is 87.4 Å². The highest BCUT2D eigenvalue weighted by atomic mass is 32.1. The van der Waals surface area contributed by atoms with Gasteiger partial charge in [0.05, 0.1) is 0 Å². The summed E-state index contributed by atoms with van der Waals surface area (Å²) in [6.45, 7) is 0. The number of aromatic nitrogens is 3. The highest BCUT2D eigenvalue weighted by molar-refractivity contribution is 7.25. The number of fused-ring (bicyclic) bond motifs is 6. The number of nitrogens with zero attached hydrogens (tertiary/aromatic N) is 3. The molecule has 0 N–H and O–H groups in total. The van der Waals surface area contributed by atoms with Crippen LogP contribution in [0.15, 0.2) is 144 Å². The number of benzene rings is 6. The van der Waals surface area contributed by atoms with E-state index in [1.165, 1.54) is 20.2 Å². The first kappa shape index (κ1) is 24.9. The third kappa shape index (κ3) is 4.02. The van der Waals surface area contributed by atoms with E-state index < -0.39 is 0 Å². The van der Waals surface area contributed by atoms with Gasteiger partial charge in [-0.2, -0.15) is 0 Å². The molecule has 0 radical (unpaired) electrons. The van der Waals surface area contributed by atoms with Crippen molar-refractivity contribution in [3.63, 3.8) is 0 Å². The van der Waals surface area contributed by atoms with E-state index in [4.69, 9.17) is 19.4 Å². The summed E-state index contributed by atoms with van der Waals surface area (Å²) in [4.78, 5) is 15.3. The van der Waals surface area contributed by atoms with Gasteiger partial charge in [0.25, 0.3) is 0 Å². The summed E-state index contributed by atoms with van der Waals surface area (Å²) in [7, 11) is 0. The van der Waals surface area contributed by atoms with Crippen LogP contribution in [-0.2, 0) is 0 Å². The second kappa shape index (κ2) is 9.97. The minimum absolute atomic E-state index is 0.617. The summed E-state index contributed by atoms with van der Waals surface area (Å²) in [6, 6.07) is 47.9. The zero-order valence-corrected chi connectivity index (χ0v) is 24.3. The summed E-state index contributed by atoms with van der Waals surface area (Å²) >= 11 is 1.79. The molecule has 206 valence electrons. The molecule has 9 rings (SSSR count). The molecule has 6 aromatic carbocycles. The summed E-state index contributed by atoms with van der Waals surface area (Å²) in [6.07, 6.45) is 0. The van der Waals surface area contributed by atoms with Crippen LogP contribution in [0.3, 0.4) is 0 Å². The van der Waals surface area contributed by atoms with Crippen molar-refractivity contribution in [3.05, 3.63) is 140 Å². The van der Waals surface area contributed by atoms with E-state index in [1.54, 1.807) is 11.3 Å². The van der Waals surface area contributed by atoms with Crippen LogP contribution in [0, 0.1) is 0 Å². The second-order valence-electron chi connectivity index (χ2n) is 10.8. The Hall–Kier alpha value is -5.65. The Morgan fingerprint density at radius 1 is 0.409 bits per heavy atom. The van der Waals surface area contributed by atoms with Crippen LogP contribution < -0.4 is 0 Å². The third-order valence-corrected chi connectivity index (χ3v) is 9.29. The quantitative estimate of drug-likeness (QED) is 0.207. The zero-order chi connectivity index (χ0) is 29.0. The van der Waals surface area contributed by atoms with Gasteiger partial charge in [0.15, 0.2) is 17.5 Å². The van der Waals surface area contributed by atoms with Crippen molar-refractivity contribution in [2.24, 2.45) is 0 Å². The van der Waals surface area contributed by atoms with Gasteiger partial charge >= 0.3 is 0 Å². The molecule has 0 aliphatic carbocycles. The Balaban J connectivity index is 1.30. The first-order valence-corrected chi connectivity index (χ1v) is 15.3. The molecular weight excluding hydrogens is 559 g/mol. The van der Waals surface area contributed by atoms with Gasteiger partial charge in [-0.1, -0.05) is 109 Å². The molecule has 0 unspecified atom stereocenters. The molecule has 0 spiro atoms. The van der Waals surface area contributed by atoms with E-state index in [1.807, 2.05) is 48.5 Å². The molecule has 3 aromatic heterocycles. The lowest BCUT2D eigenvalue weighted by atomic mass is 10.0. The minimum Gasteiger partial charge on any atom is -0.456 e. The number of rotatable bonds is 4. The average Bonchev–Trinajstić information content (AvgIpc) is 3.67. The number of thiophene rings is 1. The molecule has 0 amide bonds. The van der Waals surface area contributed by atoms with E-state index in [0.29, 0.717) is 17.5 Å². The molecule has 4 nitrogen and oxygen atoms in total. The number of hydrogen-bond acceptors (Lipinski definition) is 5. The fourth-order valence-corrected chi connectivity index (χ4v) is 7.25. The Kier molecular flexibility index (Phi) is 5.64. The van der Waals surface area contributed by atoms with Crippen LogP contribution in [0.1, 0.15) is 0 Å². The van der Waals surface area contributed by atoms with Crippen molar-refractivity contribution in [2.45, 2.75) is 0 Å². The van der Waals surface area contributed by atoms with Gasteiger partial charge in [0.1, 0.15) is 11.2 Å². The van der Waals surface area contributed by atoms with Gasteiger partial charge in [-0.05, 0) is 41.5 Å². The molecule has 0 bridgehead atoms. The lowest BCUT2D eigenvalue weighted by molar-refractivity contribution is 0.669. The fraction of sp³-hybridized carbons (Fsp3) is 0. The molecule has 0 saturated carbocycles. The van der Waals surface area contributed by atoms with E-state index in [2.05, 4.69) is 91.0 Å². The van der Waals surface area contributed by atoms with Gasteiger partial charge < -0.3 is 4.42 Å². The average molecular weight is 582 g/mol. The monoisotopic (exact) mass is 581 g/mol. The molecule has 0 aliphatic heterocycles. The molecule has 0 fully saturated rings. The predicted octanol–water partition coefficient (Wildman–Crippen LogP) is 10.8. The van der Waals surface area contributed by atoms with E-state index in [9.17, 15) is 0 Å². The SMILES string of the molecule is c1ccc(-c2ccc3c(c2)oc2cccc(-c4nc(-c5ccccc5)nc(-c5cccc6sc7ccccc7c56)n4)c23)cc1. The Bertz CT molecular complexity index is 2500. The number of furan rings is 1. The summed E-state index contributed by atoms with van der Waals surface area (Å²) in [5.41, 5.74) is 6.76. The zero-order valence-electron chi connectivity index (χ0n) is 23.4. The van der Waals surface area contributed by atoms with Gasteiger partial charge in [0, 0.05) is 47.6 Å². The van der Waals surface area contributed by atoms with Crippen molar-refractivity contribution in [1.29, 1.82) is 0 Å². The fourth-order valence-electron chi connectivity index (χ4n) is 6.12. The number of hydrogen-bond donors (Lipinski definition) is 0. The first-order valence-electron chi connectivity index (χ1n) is 14.5. The lowest BCUT2D eigenvalue weighted by Gasteiger charge is -2.10. The van der Waals surface area contributed by atoms with Crippen molar-refractivity contribution in [3.8, 4) is 45.3 Å². The van der Waals surface area contributed by atoms with Crippen LogP contribution in [-0.4, -0.2) is 15.0 Å². The standard InChI is InChI=1S/C39H23N3OS/c1-3-11-24(12-4-1)26-21-22-27-32(23-26)43-31-18-9-16-29(35(27)31)38-40-37(25-13-5-2-6-14-25)41-39(42-38)30-17-10-20-34-36(30)28-15-7-8-19-33(28)44-34/h1-23H. The summed E-state index contributed by atoms with van der Waals surface area (Å²) < 4.78 is 8.89. The largest absolute Gasteiger partial charge is 0.456 e. The third-order valence-electron chi connectivity index (χ3n) is 8.16. The smallest absolute Gasteiger partial charge is 0.164 e. The first-order chi connectivity index (χ1) is 21.8. The highest BCUT2D eigenvalue weighted by Crippen LogP contribution is 2.41. The molecule has 3 heterocycles. The molecular formula is C39H23N3OS. The molecule has 9 aromatic rings. The van der Waals surface area contributed by atoms with Gasteiger partial charge in [0.2, 0.25) is 0 Å². The van der Waals surface area contributed by atoms with Crippen molar-refractivity contribution < 1.29 is 4.42 Å². The maximum absolute atomic E-state index is 6.43. The van der Waals surface area contributed by atoms with Crippen LogP contribution >= 0.6 is 11.3 Å². The van der Waals surface area contributed by atoms with E-state index in [0.717, 1.165) is 49.8 Å². The van der Waals surface area contributed by atoms with Crippen molar-refractivity contribution in [1.82, 2.24) is 15.0 Å². The topological polar surface area (TPSA) is 51.8 Å². The molecule has 0 saturated heterocycles. The van der Waals surface area contributed by atoms with Gasteiger partial charge in [-0.15, -0.1) is 11.3 Å². The lowest BCUT2D eigenvalue weighted by Crippen LogP contribution is -2.00. The van der Waals surface area contributed by atoms with E-state index >= 15 is 0 Å². The van der Waals surface area contributed by atoms with Crippen LogP contribution in [0.5, 0.6) is 0 Å². The minimum atomic E-state index is 0.617. The molecule has 5 heteroatoms. The molecule has 0 atom stereocenters. The molecule has 44 heavy (non-hydrogen) atoms. The maximum atomic E-state index is 6.43. The Labute approximate surface area is 256 Å². The highest BCUT2D eigenvalue weighted by Gasteiger charge is 2.20.